The van der Waals surface area contributed by atoms with Gasteiger partial charge in [-0.1, -0.05) is 48.5 Å². The minimum absolute atomic E-state index is 0.338. The van der Waals surface area contributed by atoms with Gasteiger partial charge in [-0.15, -0.1) is 0 Å². The molecule has 0 spiro atoms. The first-order chi connectivity index (χ1) is 10.7. The normalized spacial score (nSPS) is 10.5. The molecule has 0 N–H and O–H groups in total. The Morgan fingerprint density at radius 2 is 1.27 bits per heavy atom. The van der Waals surface area contributed by atoms with Crippen LogP contribution in [0.1, 0.15) is 0 Å². The lowest BCUT2D eigenvalue weighted by molar-refractivity contribution is 0.617. The molecule has 3 aromatic rings. The van der Waals surface area contributed by atoms with E-state index in [1.807, 2.05) is 36.4 Å². The molecule has 0 unspecified atom stereocenters. The van der Waals surface area contributed by atoms with E-state index in [9.17, 15) is 8.78 Å². The van der Waals surface area contributed by atoms with Gasteiger partial charge >= 0.3 is 0 Å². The van der Waals surface area contributed by atoms with E-state index in [4.69, 9.17) is 0 Å². The van der Waals surface area contributed by atoms with Crippen molar-refractivity contribution >= 4 is 11.4 Å². The molecule has 0 atom stereocenters. The van der Waals surface area contributed by atoms with E-state index in [2.05, 4.69) is 0 Å². The summed E-state index contributed by atoms with van der Waals surface area (Å²) in [4.78, 5) is 1.51. The van der Waals surface area contributed by atoms with Gasteiger partial charge in [0.15, 0.2) is 0 Å². The zero-order valence-electron chi connectivity index (χ0n) is 12.1. The van der Waals surface area contributed by atoms with Gasteiger partial charge in [0.1, 0.15) is 11.6 Å². The average Bonchev–Trinajstić information content (AvgIpc) is 2.55. The number of halogens is 2. The maximum Gasteiger partial charge on any atom is 0.147 e. The Morgan fingerprint density at radius 3 is 1.95 bits per heavy atom. The first-order valence-electron chi connectivity index (χ1n) is 7.00. The molecule has 0 amide bonds. The van der Waals surface area contributed by atoms with Crippen LogP contribution in [0.3, 0.4) is 0 Å². The van der Waals surface area contributed by atoms with E-state index < -0.39 is 0 Å². The molecule has 22 heavy (non-hydrogen) atoms. The van der Waals surface area contributed by atoms with Crippen molar-refractivity contribution < 1.29 is 8.78 Å². The standard InChI is InChI=1S/C19H15F2N/c1-22(18-10-6-5-9-16(18)20)19-12-11-15(13-17(19)21)14-7-3-2-4-8-14/h2-13H,1H3. The highest BCUT2D eigenvalue weighted by Gasteiger charge is 2.13. The van der Waals surface area contributed by atoms with E-state index in [0.29, 0.717) is 11.4 Å². The quantitative estimate of drug-likeness (QED) is 0.625. The van der Waals surface area contributed by atoms with Crippen molar-refractivity contribution in [2.24, 2.45) is 0 Å². The van der Waals surface area contributed by atoms with E-state index >= 15 is 0 Å². The lowest BCUT2D eigenvalue weighted by Crippen LogP contribution is -2.12. The number of anilines is 2. The zero-order chi connectivity index (χ0) is 15.5. The third kappa shape index (κ3) is 2.70. The second-order valence-electron chi connectivity index (χ2n) is 5.04. The van der Waals surface area contributed by atoms with E-state index in [1.54, 1.807) is 31.3 Å². The molecule has 0 saturated carbocycles. The van der Waals surface area contributed by atoms with Crippen LogP contribution in [0.25, 0.3) is 11.1 Å². The molecule has 0 aliphatic heterocycles. The van der Waals surface area contributed by atoms with Gasteiger partial charge in [-0.3, -0.25) is 0 Å². The highest BCUT2D eigenvalue weighted by atomic mass is 19.1. The Balaban J connectivity index is 1.98. The third-order valence-corrected chi connectivity index (χ3v) is 3.63. The van der Waals surface area contributed by atoms with Gasteiger partial charge in [0, 0.05) is 7.05 Å². The molecule has 0 saturated heterocycles. The van der Waals surface area contributed by atoms with Gasteiger partial charge in [0.25, 0.3) is 0 Å². The van der Waals surface area contributed by atoms with Crippen molar-refractivity contribution in [3.05, 3.63) is 84.4 Å². The molecule has 1 nitrogen and oxygen atoms in total. The van der Waals surface area contributed by atoms with Gasteiger partial charge < -0.3 is 4.90 Å². The Labute approximate surface area is 128 Å². The van der Waals surface area contributed by atoms with Crippen LogP contribution in [-0.2, 0) is 0 Å². The molecule has 0 aliphatic carbocycles. The monoisotopic (exact) mass is 295 g/mol. The van der Waals surface area contributed by atoms with Crippen LogP contribution in [0.2, 0.25) is 0 Å². The third-order valence-electron chi connectivity index (χ3n) is 3.63. The fourth-order valence-electron chi connectivity index (χ4n) is 2.44. The predicted octanol–water partition coefficient (Wildman–Crippen LogP) is 5.40. The molecule has 3 heteroatoms. The number of benzene rings is 3. The smallest absolute Gasteiger partial charge is 0.147 e. The summed E-state index contributed by atoms with van der Waals surface area (Å²) >= 11 is 0. The molecular weight excluding hydrogens is 280 g/mol. The van der Waals surface area contributed by atoms with Gasteiger partial charge in [0.2, 0.25) is 0 Å². The summed E-state index contributed by atoms with van der Waals surface area (Å²) in [6.45, 7) is 0. The SMILES string of the molecule is CN(c1ccccc1F)c1ccc(-c2ccccc2)cc1F. The Morgan fingerprint density at radius 1 is 0.636 bits per heavy atom. The molecule has 0 bridgehead atoms. The minimum Gasteiger partial charge on any atom is -0.340 e. The van der Waals surface area contributed by atoms with Crippen LogP contribution in [0.4, 0.5) is 20.2 Å². The molecule has 110 valence electrons. The van der Waals surface area contributed by atoms with E-state index in [0.717, 1.165) is 11.1 Å². The Hall–Kier alpha value is -2.68. The zero-order valence-corrected chi connectivity index (χ0v) is 12.1. The van der Waals surface area contributed by atoms with Gasteiger partial charge in [0.05, 0.1) is 11.4 Å². The maximum atomic E-state index is 14.4. The molecule has 0 aromatic heterocycles. The fraction of sp³-hybridized carbons (Fsp3) is 0.0526. The molecule has 3 rings (SSSR count). The number of nitrogens with zero attached hydrogens (tertiary/aromatic N) is 1. The molecule has 0 heterocycles. The van der Waals surface area contributed by atoms with E-state index in [1.165, 1.54) is 17.0 Å². The van der Waals surface area contributed by atoms with Gasteiger partial charge in [-0.2, -0.15) is 0 Å². The van der Waals surface area contributed by atoms with Gasteiger partial charge in [-0.05, 0) is 35.4 Å². The summed E-state index contributed by atoms with van der Waals surface area (Å²) in [5, 5.41) is 0. The van der Waals surface area contributed by atoms with Crippen LogP contribution in [0.15, 0.2) is 72.8 Å². The average molecular weight is 295 g/mol. The Bertz CT molecular complexity index is 784. The van der Waals surface area contributed by atoms with Crippen molar-refractivity contribution in [2.75, 3.05) is 11.9 Å². The summed E-state index contributed by atoms with van der Waals surface area (Å²) < 4.78 is 28.3. The highest BCUT2D eigenvalue weighted by Crippen LogP contribution is 2.31. The van der Waals surface area contributed by atoms with Crippen LogP contribution in [-0.4, -0.2) is 7.05 Å². The molecular formula is C19H15F2N. The minimum atomic E-state index is -0.382. The largest absolute Gasteiger partial charge is 0.340 e. The van der Waals surface area contributed by atoms with E-state index in [-0.39, 0.29) is 11.6 Å². The van der Waals surface area contributed by atoms with Crippen LogP contribution in [0, 0.1) is 11.6 Å². The first kappa shape index (κ1) is 14.3. The Kier molecular flexibility index (Phi) is 3.88. The fourth-order valence-corrected chi connectivity index (χ4v) is 2.44. The van der Waals surface area contributed by atoms with Crippen molar-refractivity contribution in [1.29, 1.82) is 0 Å². The summed E-state index contributed by atoms with van der Waals surface area (Å²) in [5.74, 6) is -0.761. The lowest BCUT2D eigenvalue weighted by atomic mass is 10.0. The van der Waals surface area contributed by atoms with Crippen LogP contribution in [0.5, 0.6) is 0 Å². The predicted molar refractivity (Wildman–Crippen MR) is 86.3 cm³/mol. The number of rotatable bonds is 3. The molecule has 0 radical (unpaired) electrons. The number of hydrogen-bond donors (Lipinski definition) is 0. The summed E-state index contributed by atoms with van der Waals surface area (Å²) in [6.07, 6.45) is 0. The summed E-state index contributed by atoms with van der Waals surface area (Å²) in [7, 11) is 1.65. The molecule has 3 aromatic carbocycles. The van der Waals surface area contributed by atoms with Crippen molar-refractivity contribution in [3.8, 4) is 11.1 Å². The first-order valence-corrected chi connectivity index (χ1v) is 7.00. The molecule has 0 fully saturated rings. The lowest BCUT2D eigenvalue weighted by Gasteiger charge is -2.21. The number of para-hydroxylation sites is 1. The van der Waals surface area contributed by atoms with Gasteiger partial charge in [-0.25, -0.2) is 8.78 Å². The second kappa shape index (κ2) is 5.98. The molecule has 0 aliphatic rings. The summed E-state index contributed by atoms with van der Waals surface area (Å²) in [6, 6.07) is 20.9. The van der Waals surface area contributed by atoms with Crippen molar-refractivity contribution in [1.82, 2.24) is 0 Å². The van der Waals surface area contributed by atoms with Crippen molar-refractivity contribution in [3.63, 3.8) is 0 Å². The second-order valence-corrected chi connectivity index (χ2v) is 5.04. The number of hydrogen-bond acceptors (Lipinski definition) is 1. The van der Waals surface area contributed by atoms with Crippen LogP contribution < -0.4 is 4.90 Å². The highest BCUT2D eigenvalue weighted by molar-refractivity contribution is 5.70. The topological polar surface area (TPSA) is 3.24 Å². The maximum absolute atomic E-state index is 14.4. The summed E-state index contributed by atoms with van der Waals surface area (Å²) in [5.41, 5.74) is 2.42. The van der Waals surface area contributed by atoms with Crippen molar-refractivity contribution in [2.45, 2.75) is 0 Å². The van der Waals surface area contributed by atoms with Crippen LogP contribution >= 0.6 is 0 Å².